The molecule has 106 valence electrons. The molecule has 0 aliphatic rings. The highest BCUT2D eigenvalue weighted by Crippen LogP contribution is 2.28. The summed E-state index contributed by atoms with van der Waals surface area (Å²) in [7, 11) is 0. The van der Waals surface area contributed by atoms with Gasteiger partial charge in [-0.05, 0) is 40.5 Å². The van der Waals surface area contributed by atoms with Crippen LogP contribution < -0.4 is 0 Å². The smallest absolute Gasteiger partial charge is 0.129 e. The lowest BCUT2D eigenvalue weighted by Crippen LogP contribution is -1.99. The van der Waals surface area contributed by atoms with Crippen molar-refractivity contribution in [3.63, 3.8) is 0 Å². The van der Waals surface area contributed by atoms with Crippen molar-refractivity contribution in [3.8, 4) is 0 Å². The Kier molecular flexibility index (Phi) is 3.89. The lowest BCUT2D eigenvalue weighted by molar-refractivity contribution is 0.570. The molecule has 0 spiro atoms. The summed E-state index contributed by atoms with van der Waals surface area (Å²) in [6.07, 6.45) is 0.325. The van der Waals surface area contributed by atoms with E-state index in [1.54, 1.807) is 0 Å². The predicted octanol–water partition coefficient (Wildman–Crippen LogP) is 5.64. The maximum Gasteiger partial charge on any atom is 0.129 e. The van der Waals surface area contributed by atoms with E-state index in [-0.39, 0.29) is 5.38 Å². The van der Waals surface area contributed by atoms with Crippen molar-refractivity contribution in [1.29, 1.82) is 0 Å². The second kappa shape index (κ2) is 5.82. The number of hydrogen-bond acceptors (Lipinski definition) is 0. The molecule has 3 heteroatoms. The molecule has 3 rings (SSSR count). The highest BCUT2D eigenvalue weighted by molar-refractivity contribution is 6.21. The van der Waals surface area contributed by atoms with E-state index in [4.69, 9.17) is 11.6 Å². The Labute approximate surface area is 127 Å². The van der Waals surface area contributed by atoms with Gasteiger partial charge in [-0.3, -0.25) is 0 Å². The van der Waals surface area contributed by atoms with Crippen molar-refractivity contribution in [1.82, 2.24) is 0 Å². The molecule has 0 N–H and O–H groups in total. The summed E-state index contributed by atoms with van der Waals surface area (Å²) in [5, 5.41) is 1.88. The van der Waals surface area contributed by atoms with E-state index in [0.717, 1.165) is 22.4 Å². The molecule has 0 heterocycles. The average Bonchev–Trinajstić information content (AvgIpc) is 2.49. The van der Waals surface area contributed by atoms with Crippen LogP contribution in [-0.2, 0) is 6.42 Å². The van der Waals surface area contributed by atoms with Crippen LogP contribution in [0.15, 0.2) is 60.7 Å². The molecule has 0 aliphatic carbocycles. The maximum absolute atomic E-state index is 13.7. The molecule has 0 fully saturated rings. The molecule has 0 amide bonds. The molecular formula is C18H13ClF2. The lowest BCUT2D eigenvalue weighted by atomic mass is 10.0. The van der Waals surface area contributed by atoms with Gasteiger partial charge in [0, 0.05) is 6.07 Å². The third-order valence-electron chi connectivity index (χ3n) is 3.55. The Bertz CT molecular complexity index is 783. The maximum atomic E-state index is 13.7. The first-order chi connectivity index (χ1) is 10.1. The molecule has 0 saturated carbocycles. The van der Waals surface area contributed by atoms with Crippen molar-refractivity contribution >= 4 is 22.4 Å². The molecule has 1 atom stereocenters. The van der Waals surface area contributed by atoms with Gasteiger partial charge in [0.2, 0.25) is 0 Å². The summed E-state index contributed by atoms with van der Waals surface area (Å²) in [5.41, 5.74) is 1.35. The van der Waals surface area contributed by atoms with Crippen molar-refractivity contribution in [2.75, 3.05) is 0 Å². The summed E-state index contributed by atoms with van der Waals surface area (Å²) in [6.45, 7) is 0. The molecule has 0 aromatic heterocycles. The first-order valence-corrected chi connectivity index (χ1v) is 7.14. The van der Waals surface area contributed by atoms with Crippen LogP contribution in [0, 0.1) is 11.6 Å². The molecular weight excluding hydrogens is 290 g/mol. The normalized spacial score (nSPS) is 12.5. The molecule has 1 unspecified atom stereocenters. The van der Waals surface area contributed by atoms with Gasteiger partial charge in [0.1, 0.15) is 11.6 Å². The zero-order chi connectivity index (χ0) is 14.8. The zero-order valence-corrected chi connectivity index (χ0v) is 11.9. The highest BCUT2D eigenvalue weighted by Gasteiger charge is 2.13. The standard InChI is InChI=1S/C18H13ClF2/c19-17(10-15-7-8-16(20)11-18(15)21)14-6-5-12-3-1-2-4-13(12)9-14/h1-9,11,17H,10H2. The van der Waals surface area contributed by atoms with Crippen molar-refractivity contribution in [2.45, 2.75) is 11.8 Å². The number of benzene rings is 3. The molecule has 0 nitrogen and oxygen atoms in total. The van der Waals surface area contributed by atoms with E-state index in [0.29, 0.717) is 12.0 Å². The zero-order valence-electron chi connectivity index (χ0n) is 11.2. The number of alkyl halides is 1. The van der Waals surface area contributed by atoms with Gasteiger partial charge in [-0.25, -0.2) is 8.78 Å². The van der Waals surface area contributed by atoms with Crippen LogP contribution in [-0.4, -0.2) is 0 Å². The van der Waals surface area contributed by atoms with Crippen LogP contribution in [0.2, 0.25) is 0 Å². The third-order valence-corrected chi connectivity index (χ3v) is 3.96. The lowest BCUT2D eigenvalue weighted by Gasteiger charge is -2.12. The van der Waals surface area contributed by atoms with E-state index in [9.17, 15) is 8.78 Å². The van der Waals surface area contributed by atoms with Gasteiger partial charge in [0.25, 0.3) is 0 Å². The fourth-order valence-corrected chi connectivity index (χ4v) is 2.70. The van der Waals surface area contributed by atoms with Crippen LogP contribution in [0.25, 0.3) is 10.8 Å². The predicted molar refractivity (Wildman–Crippen MR) is 82.6 cm³/mol. The second-order valence-electron chi connectivity index (χ2n) is 5.01. The first-order valence-electron chi connectivity index (χ1n) is 6.70. The van der Waals surface area contributed by atoms with Crippen LogP contribution in [0.3, 0.4) is 0 Å². The van der Waals surface area contributed by atoms with Gasteiger partial charge >= 0.3 is 0 Å². The van der Waals surface area contributed by atoms with Crippen LogP contribution >= 0.6 is 11.6 Å². The van der Waals surface area contributed by atoms with E-state index >= 15 is 0 Å². The minimum absolute atomic E-state index is 0.325. The summed E-state index contributed by atoms with van der Waals surface area (Å²) in [6, 6.07) is 17.5. The second-order valence-corrected chi connectivity index (χ2v) is 5.54. The van der Waals surface area contributed by atoms with Gasteiger partial charge in [-0.1, -0.05) is 42.5 Å². The van der Waals surface area contributed by atoms with Gasteiger partial charge in [0.15, 0.2) is 0 Å². The highest BCUT2D eigenvalue weighted by atomic mass is 35.5. The Morgan fingerprint density at radius 2 is 1.62 bits per heavy atom. The minimum Gasteiger partial charge on any atom is -0.207 e. The fraction of sp³-hybridized carbons (Fsp3) is 0.111. The summed E-state index contributed by atoms with van der Waals surface area (Å²) in [4.78, 5) is 0. The van der Waals surface area contributed by atoms with Crippen LogP contribution in [0.1, 0.15) is 16.5 Å². The number of halogens is 3. The Morgan fingerprint density at radius 3 is 2.38 bits per heavy atom. The SMILES string of the molecule is Fc1ccc(CC(Cl)c2ccc3ccccc3c2)c(F)c1. The molecule has 3 aromatic rings. The van der Waals surface area contributed by atoms with E-state index in [2.05, 4.69) is 0 Å². The average molecular weight is 303 g/mol. The largest absolute Gasteiger partial charge is 0.207 e. The topological polar surface area (TPSA) is 0 Å². The fourth-order valence-electron chi connectivity index (χ4n) is 2.40. The Balaban J connectivity index is 1.87. The van der Waals surface area contributed by atoms with E-state index < -0.39 is 11.6 Å². The number of rotatable bonds is 3. The van der Waals surface area contributed by atoms with E-state index in [1.165, 1.54) is 12.1 Å². The number of fused-ring (bicyclic) bond motifs is 1. The Morgan fingerprint density at radius 1 is 0.857 bits per heavy atom. The molecule has 0 saturated heterocycles. The van der Waals surface area contributed by atoms with Crippen LogP contribution in [0.5, 0.6) is 0 Å². The molecule has 21 heavy (non-hydrogen) atoms. The molecule has 0 radical (unpaired) electrons. The van der Waals surface area contributed by atoms with Gasteiger partial charge in [0.05, 0.1) is 5.38 Å². The molecule has 0 bridgehead atoms. The summed E-state index contributed by atoms with van der Waals surface area (Å²) >= 11 is 6.39. The first kappa shape index (κ1) is 14.0. The quantitative estimate of drug-likeness (QED) is 0.549. The molecule has 3 aromatic carbocycles. The molecule has 0 aliphatic heterocycles. The van der Waals surface area contributed by atoms with Crippen molar-refractivity contribution < 1.29 is 8.78 Å². The van der Waals surface area contributed by atoms with Crippen molar-refractivity contribution in [3.05, 3.63) is 83.4 Å². The summed E-state index contributed by atoms with van der Waals surface area (Å²) < 4.78 is 26.6. The van der Waals surface area contributed by atoms with Gasteiger partial charge in [-0.15, -0.1) is 11.6 Å². The minimum atomic E-state index is -0.576. The van der Waals surface area contributed by atoms with Crippen molar-refractivity contribution in [2.24, 2.45) is 0 Å². The van der Waals surface area contributed by atoms with Gasteiger partial charge < -0.3 is 0 Å². The number of hydrogen-bond donors (Lipinski definition) is 0. The monoisotopic (exact) mass is 302 g/mol. The Hall–Kier alpha value is -1.93. The van der Waals surface area contributed by atoms with Crippen LogP contribution in [0.4, 0.5) is 8.78 Å². The summed E-state index contributed by atoms with van der Waals surface area (Å²) in [5.74, 6) is -1.13. The third kappa shape index (κ3) is 3.06. The van der Waals surface area contributed by atoms with Gasteiger partial charge in [-0.2, -0.15) is 0 Å². The van der Waals surface area contributed by atoms with E-state index in [1.807, 2.05) is 42.5 Å².